The summed E-state index contributed by atoms with van der Waals surface area (Å²) in [5.41, 5.74) is 9.25. The summed E-state index contributed by atoms with van der Waals surface area (Å²) in [4.78, 5) is 17.2. The van der Waals surface area contributed by atoms with Gasteiger partial charge < -0.3 is 20.6 Å². The monoisotopic (exact) mass is 413 g/mol. The Hall–Kier alpha value is -3.90. The third-order valence-corrected chi connectivity index (χ3v) is 5.00. The lowest BCUT2D eigenvalue weighted by Crippen LogP contribution is -2.29. The number of aromatic nitrogens is 1. The van der Waals surface area contributed by atoms with Gasteiger partial charge in [0.1, 0.15) is 12.0 Å². The van der Waals surface area contributed by atoms with Crippen LogP contribution in [0, 0.1) is 0 Å². The third-order valence-electron chi connectivity index (χ3n) is 5.00. The van der Waals surface area contributed by atoms with E-state index in [1.54, 1.807) is 24.3 Å². The second kappa shape index (κ2) is 9.28. The first-order valence-corrected chi connectivity index (χ1v) is 10.00. The minimum absolute atomic E-state index is 0.174. The molecule has 3 aromatic carbocycles. The number of hydrogen-bond acceptors (Lipinski definition) is 5. The molecule has 6 nitrogen and oxygen atoms in total. The minimum Gasteiger partial charge on any atom is -0.508 e. The molecular weight excluding hydrogens is 390 g/mol. The van der Waals surface area contributed by atoms with Gasteiger partial charge in [0.25, 0.3) is 5.91 Å². The van der Waals surface area contributed by atoms with E-state index < -0.39 is 6.04 Å². The van der Waals surface area contributed by atoms with Crippen molar-refractivity contribution in [2.45, 2.75) is 18.5 Å². The minimum atomic E-state index is -0.509. The van der Waals surface area contributed by atoms with Crippen LogP contribution in [0.3, 0.4) is 0 Å². The molecule has 0 fully saturated rings. The summed E-state index contributed by atoms with van der Waals surface area (Å²) < 4.78 is 5.49. The van der Waals surface area contributed by atoms with E-state index in [-0.39, 0.29) is 29.3 Å². The Morgan fingerprint density at radius 3 is 2.10 bits per heavy atom. The Morgan fingerprint density at radius 2 is 1.52 bits per heavy atom. The second-order valence-corrected chi connectivity index (χ2v) is 7.28. The number of benzene rings is 3. The van der Waals surface area contributed by atoms with E-state index in [0.29, 0.717) is 6.42 Å². The van der Waals surface area contributed by atoms with Crippen LogP contribution in [0.2, 0.25) is 0 Å². The van der Waals surface area contributed by atoms with E-state index in [1.807, 2.05) is 60.7 Å². The predicted octanol–water partition coefficient (Wildman–Crippen LogP) is 4.14. The Bertz CT molecular complexity index is 1090. The molecule has 0 saturated carbocycles. The van der Waals surface area contributed by atoms with E-state index in [0.717, 1.165) is 16.7 Å². The fourth-order valence-corrected chi connectivity index (χ4v) is 3.39. The van der Waals surface area contributed by atoms with Gasteiger partial charge in [-0.05, 0) is 35.2 Å². The fourth-order valence-electron chi connectivity index (χ4n) is 3.39. The summed E-state index contributed by atoms with van der Waals surface area (Å²) in [5.74, 6) is 0.137. The Labute approximate surface area is 180 Å². The van der Waals surface area contributed by atoms with Crippen LogP contribution in [0.25, 0.3) is 0 Å². The van der Waals surface area contributed by atoms with Crippen molar-refractivity contribution in [1.29, 1.82) is 0 Å². The molecule has 1 aromatic heterocycles. The van der Waals surface area contributed by atoms with Gasteiger partial charge in [-0.15, -0.1) is 0 Å². The Morgan fingerprint density at radius 1 is 0.935 bits per heavy atom. The maximum atomic E-state index is 12.9. The molecule has 1 amide bonds. The number of nitrogens with one attached hydrogen (secondary N) is 1. The zero-order chi connectivity index (χ0) is 21.6. The number of nitrogens with zero attached hydrogens (tertiary/aromatic N) is 1. The van der Waals surface area contributed by atoms with Crippen LogP contribution in [0.5, 0.6) is 5.75 Å². The van der Waals surface area contributed by atoms with E-state index >= 15 is 0 Å². The number of hydrogen-bond donors (Lipinski definition) is 3. The standard InChI is InChI=1S/C25H23N3O3/c26-21(15-17-11-13-20(29)14-12-17)25-27-22(16-31-25)24(30)28-23(18-7-3-1-4-8-18)19-9-5-2-6-10-19/h1-14,16,21,23,29H,15,26H2,(H,28,30). The van der Waals surface area contributed by atoms with Crippen LogP contribution in [-0.4, -0.2) is 16.0 Å². The first-order chi connectivity index (χ1) is 15.1. The molecule has 1 atom stereocenters. The molecule has 0 radical (unpaired) electrons. The highest BCUT2D eigenvalue weighted by Gasteiger charge is 2.21. The second-order valence-electron chi connectivity index (χ2n) is 7.28. The van der Waals surface area contributed by atoms with Crippen molar-refractivity contribution in [3.8, 4) is 5.75 Å². The molecule has 0 spiro atoms. The lowest BCUT2D eigenvalue weighted by Gasteiger charge is -2.19. The smallest absolute Gasteiger partial charge is 0.273 e. The Kier molecular flexibility index (Phi) is 6.10. The van der Waals surface area contributed by atoms with Gasteiger partial charge >= 0.3 is 0 Å². The summed E-state index contributed by atoms with van der Waals surface area (Å²) in [6, 6.07) is 25.5. The summed E-state index contributed by atoms with van der Waals surface area (Å²) in [6.45, 7) is 0. The highest BCUT2D eigenvalue weighted by Crippen LogP contribution is 2.23. The lowest BCUT2D eigenvalue weighted by molar-refractivity contribution is 0.0938. The molecule has 1 heterocycles. The molecule has 4 N–H and O–H groups in total. The number of phenols is 1. The van der Waals surface area contributed by atoms with E-state index in [9.17, 15) is 9.90 Å². The van der Waals surface area contributed by atoms with Crippen molar-refractivity contribution in [3.63, 3.8) is 0 Å². The zero-order valence-electron chi connectivity index (χ0n) is 16.8. The number of nitrogens with two attached hydrogens (primary N) is 1. The molecule has 0 aliphatic rings. The van der Waals surface area contributed by atoms with Crippen LogP contribution in [0.15, 0.2) is 95.6 Å². The maximum Gasteiger partial charge on any atom is 0.273 e. The predicted molar refractivity (Wildman–Crippen MR) is 117 cm³/mol. The summed E-state index contributed by atoms with van der Waals surface area (Å²) >= 11 is 0. The van der Waals surface area contributed by atoms with Crippen LogP contribution in [0.4, 0.5) is 0 Å². The molecule has 4 aromatic rings. The Balaban J connectivity index is 1.50. The maximum absolute atomic E-state index is 12.9. The van der Waals surface area contributed by atoms with Crippen LogP contribution in [0.1, 0.15) is 45.2 Å². The quantitative estimate of drug-likeness (QED) is 0.423. The van der Waals surface area contributed by atoms with Crippen molar-refractivity contribution in [2.24, 2.45) is 5.73 Å². The number of carbonyl (C=O) groups excluding carboxylic acids is 1. The van der Waals surface area contributed by atoms with Crippen LogP contribution < -0.4 is 11.1 Å². The van der Waals surface area contributed by atoms with E-state index in [1.165, 1.54) is 6.26 Å². The normalized spacial score (nSPS) is 11.9. The average molecular weight is 413 g/mol. The summed E-state index contributed by atoms with van der Waals surface area (Å²) in [7, 11) is 0. The van der Waals surface area contributed by atoms with Gasteiger partial charge in [0.15, 0.2) is 5.69 Å². The van der Waals surface area contributed by atoms with Crippen molar-refractivity contribution in [1.82, 2.24) is 10.3 Å². The molecule has 31 heavy (non-hydrogen) atoms. The number of aromatic hydroxyl groups is 1. The molecule has 156 valence electrons. The van der Waals surface area contributed by atoms with E-state index in [2.05, 4.69) is 10.3 Å². The van der Waals surface area contributed by atoms with Gasteiger partial charge in [0.05, 0.1) is 12.1 Å². The van der Waals surface area contributed by atoms with Gasteiger partial charge in [-0.3, -0.25) is 4.79 Å². The third kappa shape index (κ3) is 4.99. The van der Waals surface area contributed by atoms with Gasteiger partial charge in [-0.25, -0.2) is 4.98 Å². The summed E-state index contributed by atoms with van der Waals surface area (Å²) in [5, 5.41) is 12.4. The van der Waals surface area contributed by atoms with Crippen LogP contribution in [-0.2, 0) is 6.42 Å². The van der Waals surface area contributed by atoms with Crippen molar-refractivity contribution in [3.05, 3.63) is 119 Å². The number of rotatable bonds is 7. The molecule has 1 unspecified atom stereocenters. The molecule has 0 bridgehead atoms. The van der Waals surface area contributed by atoms with Crippen molar-refractivity contribution in [2.75, 3.05) is 0 Å². The van der Waals surface area contributed by atoms with Crippen molar-refractivity contribution < 1.29 is 14.3 Å². The molecule has 4 rings (SSSR count). The SMILES string of the molecule is NC(Cc1ccc(O)cc1)c1nc(C(=O)NC(c2ccccc2)c2ccccc2)co1. The van der Waals surface area contributed by atoms with Gasteiger partial charge in [0.2, 0.25) is 5.89 Å². The molecule has 0 aliphatic carbocycles. The number of oxazole rings is 1. The number of carbonyl (C=O) groups is 1. The largest absolute Gasteiger partial charge is 0.508 e. The zero-order valence-corrected chi connectivity index (χ0v) is 16.8. The highest BCUT2D eigenvalue weighted by atomic mass is 16.3. The molecule has 6 heteroatoms. The molecule has 0 saturated heterocycles. The van der Waals surface area contributed by atoms with Crippen molar-refractivity contribution >= 4 is 5.91 Å². The molecular formula is C25H23N3O3. The molecule has 0 aliphatic heterocycles. The number of phenolic OH excluding ortho intramolecular Hbond substituents is 1. The summed E-state index contributed by atoms with van der Waals surface area (Å²) in [6.07, 6.45) is 1.80. The van der Waals surface area contributed by atoms with Gasteiger partial charge in [0, 0.05) is 0 Å². The highest BCUT2D eigenvalue weighted by molar-refractivity contribution is 5.92. The first-order valence-electron chi connectivity index (χ1n) is 10.00. The average Bonchev–Trinajstić information content (AvgIpc) is 3.31. The van der Waals surface area contributed by atoms with E-state index in [4.69, 9.17) is 10.2 Å². The van der Waals surface area contributed by atoms with Gasteiger partial charge in [-0.1, -0.05) is 72.8 Å². The van der Waals surface area contributed by atoms with Gasteiger partial charge in [-0.2, -0.15) is 0 Å². The van der Waals surface area contributed by atoms with Crippen LogP contribution >= 0.6 is 0 Å². The fraction of sp³-hybridized carbons (Fsp3) is 0.120. The first kappa shape index (κ1) is 20.4. The number of amides is 1. The topological polar surface area (TPSA) is 101 Å². The lowest BCUT2D eigenvalue weighted by atomic mass is 9.98.